The van der Waals surface area contributed by atoms with Crippen molar-refractivity contribution in [2.75, 3.05) is 26.2 Å². The van der Waals surface area contributed by atoms with Crippen LogP contribution in [0.5, 0.6) is 0 Å². The van der Waals surface area contributed by atoms with Crippen molar-refractivity contribution in [2.45, 2.75) is 25.4 Å². The Morgan fingerprint density at radius 1 is 0.583 bits per heavy atom. The minimum Gasteiger partial charge on any atom is -0.371 e. The Morgan fingerprint density at radius 3 is 1.04 bits per heavy atom. The first-order chi connectivity index (χ1) is 9.73. The molecule has 0 saturated heterocycles. The van der Waals surface area contributed by atoms with E-state index < -0.39 is 0 Å². The highest BCUT2D eigenvalue weighted by atomic mass is 35.5. The first-order valence-electron chi connectivity index (χ1n) is 6.84. The van der Waals surface area contributed by atoms with E-state index in [1.165, 1.54) is 0 Å². The van der Waals surface area contributed by atoms with Crippen LogP contribution in [0.25, 0.3) is 0 Å². The highest BCUT2D eigenvalue weighted by Crippen LogP contribution is 2.08. The molecular formula is C14H30Cl4N4O2. The van der Waals surface area contributed by atoms with Crippen LogP contribution in [0.3, 0.4) is 0 Å². The molecule has 0 aromatic heterocycles. The van der Waals surface area contributed by atoms with Gasteiger partial charge in [-0.1, -0.05) is 24.3 Å². The smallest absolute Gasteiger partial charge is 0.0823 e. The van der Waals surface area contributed by atoms with Crippen LogP contribution in [0.2, 0.25) is 0 Å². The first-order valence-corrected chi connectivity index (χ1v) is 6.84. The second-order valence-corrected chi connectivity index (χ2v) is 4.63. The molecule has 0 radical (unpaired) electrons. The third-order valence-corrected chi connectivity index (χ3v) is 3.05. The molecule has 24 heavy (non-hydrogen) atoms. The Labute approximate surface area is 169 Å². The fraction of sp³-hybridized carbons (Fsp3) is 0.571. The largest absolute Gasteiger partial charge is 0.371 e. The van der Waals surface area contributed by atoms with E-state index in [2.05, 4.69) is 0 Å². The molecule has 1 aromatic rings. The second-order valence-electron chi connectivity index (χ2n) is 4.63. The maximum atomic E-state index is 5.59. The van der Waals surface area contributed by atoms with E-state index in [0.29, 0.717) is 39.4 Å². The van der Waals surface area contributed by atoms with Crippen molar-refractivity contribution in [1.29, 1.82) is 0 Å². The molecule has 146 valence electrons. The van der Waals surface area contributed by atoms with Crippen LogP contribution in [-0.2, 0) is 22.7 Å². The predicted molar refractivity (Wildman–Crippen MR) is 109 cm³/mol. The van der Waals surface area contributed by atoms with Gasteiger partial charge in [0.05, 0.1) is 25.4 Å². The molecule has 0 aliphatic heterocycles. The van der Waals surface area contributed by atoms with Crippen LogP contribution >= 0.6 is 49.6 Å². The Morgan fingerprint density at radius 2 is 0.833 bits per heavy atom. The molecule has 0 fully saturated rings. The topological polar surface area (TPSA) is 123 Å². The van der Waals surface area contributed by atoms with Crippen LogP contribution in [0.15, 0.2) is 24.3 Å². The quantitative estimate of drug-likeness (QED) is 0.441. The van der Waals surface area contributed by atoms with Gasteiger partial charge in [-0.2, -0.15) is 0 Å². The van der Waals surface area contributed by atoms with Gasteiger partial charge in [0.1, 0.15) is 0 Å². The maximum absolute atomic E-state index is 5.59. The van der Waals surface area contributed by atoms with E-state index >= 15 is 0 Å². The molecule has 1 rings (SSSR count). The highest BCUT2D eigenvalue weighted by Gasteiger charge is 2.06. The third-order valence-electron chi connectivity index (χ3n) is 3.05. The van der Waals surface area contributed by atoms with Crippen molar-refractivity contribution in [2.24, 2.45) is 22.9 Å². The van der Waals surface area contributed by atoms with E-state index in [4.69, 9.17) is 32.4 Å². The van der Waals surface area contributed by atoms with Gasteiger partial charge in [-0.05, 0) is 11.1 Å². The lowest BCUT2D eigenvalue weighted by Gasteiger charge is -2.15. The van der Waals surface area contributed by atoms with E-state index in [0.717, 1.165) is 11.1 Å². The molecule has 0 atom stereocenters. The van der Waals surface area contributed by atoms with Crippen LogP contribution in [0.1, 0.15) is 11.1 Å². The monoisotopic (exact) mass is 426 g/mol. The molecular weight excluding hydrogens is 398 g/mol. The lowest BCUT2D eigenvalue weighted by Crippen LogP contribution is -2.31. The summed E-state index contributed by atoms with van der Waals surface area (Å²) < 4.78 is 11.2. The molecule has 10 heteroatoms. The molecule has 0 unspecified atom stereocenters. The number of hydrogen-bond acceptors (Lipinski definition) is 6. The van der Waals surface area contributed by atoms with Crippen LogP contribution in [0.4, 0.5) is 0 Å². The molecule has 8 N–H and O–H groups in total. The van der Waals surface area contributed by atoms with Gasteiger partial charge >= 0.3 is 0 Å². The van der Waals surface area contributed by atoms with Gasteiger partial charge in [0.15, 0.2) is 0 Å². The number of halogens is 4. The Bertz CT molecular complexity index is 331. The molecule has 6 nitrogen and oxygen atoms in total. The van der Waals surface area contributed by atoms with E-state index in [1.807, 2.05) is 24.3 Å². The number of benzene rings is 1. The fourth-order valence-electron chi connectivity index (χ4n) is 1.62. The molecule has 0 heterocycles. The molecule has 0 bridgehead atoms. The summed E-state index contributed by atoms with van der Waals surface area (Å²) in [5, 5.41) is 0. The van der Waals surface area contributed by atoms with Crippen molar-refractivity contribution < 1.29 is 9.47 Å². The Hall–Kier alpha value is 0.140. The number of nitrogens with two attached hydrogens (primary N) is 4. The SMILES string of the molecule is Cl.Cl.Cl.Cl.NCC(CN)OCc1ccc(COC(CN)CN)cc1. The molecule has 0 amide bonds. The number of ether oxygens (including phenoxy) is 2. The molecule has 1 aromatic carbocycles. The normalized spacial score (nSPS) is 9.58. The number of hydrogen-bond donors (Lipinski definition) is 4. The van der Waals surface area contributed by atoms with Gasteiger partial charge in [-0.15, -0.1) is 49.6 Å². The van der Waals surface area contributed by atoms with E-state index in [1.54, 1.807) is 0 Å². The average molecular weight is 428 g/mol. The molecule has 0 saturated carbocycles. The lowest BCUT2D eigenvalue weighted by atomic mass is 10.1. The number of rotatable bonds is 10. The zero-order valence-corrected chi connectivity index (χ0v) is 16.7. The van der Waals surface area contributed by atoms with Crippen molar-refractivity contribution >= 4 is 49.6 Å². The standard InChI is InChI=1S/C14H26N4O2.4ClH/c15-5-13(6-16)19-9-11-1-2-12(4-3-11)10-20-14(7-17)8-18;;;;/h1-4,13-14H,5-10,15-18H2;4*1H. The van der Waals surface area contributed by atoms with Crippen molar-refractivity contribution in [3.8, 4) is 0 Å². The van der Waals surface area contributed by atoms with Crippen molar-refractivity contribution in [1.82, 2.24) is 0 Å². The summed E-state index contributed by atoms with van der Waals surface area (Å²) in [6, 6.07) is 8.01. The molecule has 0 spiro atoms. The fourth-order valence-corrected chi connectivity index (χ4v) is 1.62. The van der Waals surface area contributed by atoms with Gasteiger partial charge in [0.2, 0.25) is 0 Å². The Balaban J connectivity index is -0.000000500. The predicted octanol–water partition coefficient (Wildman–Crippen LogP) is 0.979. The summed E-state index contributed by atoms with van der Waals surface area (Å²) in [5.41, 5.74) is 24.3. The Kier molecular flexibility index (Phi) is 25.8. The van der Waals surface area contributed by atoms with Gasteiger partial charge in [0, 0.05) is 26.2 Å². The molecule has 0 aliphatic carbocycles. The molecule has 0 aliphatic rings. The van der Waals surface area contributed by atoms with Crippen molar-refractivity contribution in [3.05, 3.63) is 35.4 Å². The van der Waals surface area contributed by atoms with Crippen LogP contribution in [0, 0.1) is 0 Å². The van der Waals surface area contributed by atoms with Crippen LogP contribution < -0.4 is 22.9 Å². The summed E-state index contributed by atoms with van der Waals surface area (Å²) in [6.07, 6.45) is -0.180. The highest BCUT2D eigenvalue weighted by molar-refractivity contribution is 5.86. The van der Waals surface area contributed by atoms with Gasteiger partial charge < -0.3 is 32.4 Å². The van der Waals surface area contributed by atoms with Gasteiger partial charge in [-0.25, -0.2) is 0 Å². The van der Waals surface area contributed by atoms with E-state index in [9.17, 15) is 0 Å². The second kappa shape index (κ2) is 19.5. The summed E-state index contributed by atoms with van der Waals surface area (Å²) >= 11 is 0. The summed E-state index contributed by atoms with van der Waals surface area (Å²) in [4.78, 5) is 0. The minimum absolute atomic E-state index is 0. The van der Waals surface area contributed by atoms with Gasteiger partial charge in [0.25, 0.3) is 0 Å². The van der Waals surface area contributed by atoms with E-state index in [-0.39, 0.29) is 61.8 Å². The summed E-state index contributed by atoms with van der Waals surface area (Å²) in [7, 11) is 0. The average Bonchev–Trinajstić information content (AvgIpc) is 2.50. The summed E-state index contributed by atoms with van der Waals surface area (Å²) in [5.74, 6) is 0. The van der Waals surface area contributed by atoms with Crippen molar-refractivity contribution in [3.63, 3.8) is 0 Å². The third kappa shape index (κ3) is 12.5. The maximum Gasteiger partial charge on any atom is 0.0823 e. The van der Waals surface area contributed by atoms with Crippen LogP contribution in [-0.4, -0.2) is 38.4 Å². The minimum atomic E-state index is -0.0899. The zero-order valence-electron chi connectivity index (χ0n) is 13.5. The van der Waals surface area contributed by atoms with Gasteiger partial charge in [-0.3, -0.25) is 0 Å². The zero-order chi connectivity index (χ0) is 14.8. The first kappa shape index (κ1) is 31.9. The summed E-state index contributed by atoms with van der Waals surface area (Å²) in [6.45, 7) is 2.75. The lowest BCUT2D eigenvalue weighted by molar-refractivity contribution is 0.0507.